The standard InChI is InChI=1S/C12H19F3N2O/c1-4-7-16-8-11(18)17(9-12(13,14)15)10(5-2)6-3/h1,10,16H,5-9H2,2-3H3. The van der Waals surface area contributed by atoms with Crippen LogP contribution in [0.2, 0.25) is 0 Å². The summed E-state index contributed by atoms with van der Waals surface area (Å²) in [6.07, 6.45) is 1.59. The van der Waals surface area contributed by atoms with Gasteiger partial charge in [-0.1, -0.05) is 19.8 Å². The summed E-state index contributed by atoms with van der Waals surface area (Å²) in [6, 6.07) is -0.397. The Morgan fingerprint density at radius 1 is 1.39 bits per heavy atom. The van der Waals surface area contributed by atoms with Crippen LogP contribution in [0.1, 0.15) is 26.7 Å². The zero-order valence-electron chi connectivity index (χ0n) is 10.7. The Hall–Kier alpha value is -1.22. The molecule has 6 heteroatoms. The van der Waals surface area contributed by atoms with Gasteiger partial charge in [0.1, 0.15) is 6.54 Å². The largest absolute Gasteiger partial charge is 0.406 e. The first-order valence-corrected chi connectivity index (χ1v) is 5.86. The Balaban J connectivity index is 4.64. The summed E-state index contributed by atoms with van der Waals surface area (Å²) in [4.78, 5) is 12.6. The summed E-state index contributed by atoms with van der Waals surface area (Å²) >= 11 is 0. The first-order chi connectivity index (χ1) is 8.35. The molecule has 0 rings (SSSR count). The maximum Gasteiger partial charge on any atom is 0.406 e. The normalized spacial score (nSPS) is 11.4. The van der Waals surface area contributed by atoms with E-state index in [1.807, 2.05) is 0 Å². The maximum absolute atomic E-state index is 12.4. The third-order valence-corrected chi connectivity index (χ3v) is 2.56. The Morgan fingerprint density at radius 3 is 2.33 bits per heavy atom. The number of terminal acetylenes is 1. The van der Waals surface area contributed by atoms with Crippen molar-refractivity contribution in [2.75, 3.05) is 19.6 Å². The Bertz CT molecular complexity index is 293. The van der Waals surface area contributed by atoms with Crippen molar-refractivity contribution in [1.82, 2.24) is 10.2 Å². The van der Waals surface area contributed by atoms with Crippen LogP contribution in [0.5, 0.6) is 0 Å². The average molecular weight is 264 g/mol. The van der Waals surface area contributed by atoms with E-state index < -0.39 is 24.7 Å². The second kappa shape index (κ2) is 7.98. The maximum atomic E-state index is 12.4. The lowest BCUT2D eigenvalue weighted by Crippen LogP contribution is -2.48. The summed E-state index contributed by atoms with van der Waals surface area (Å²) in [6.45, 7) is 2.31. The number of carbonyl (C=O) groups excluding carboxylic acids is 1. The van der Waals surface area contributed by atoms with Crippen molar-refractivity contribution < 1.29 is 18.0 Å². The fourth-order valence-corrected chi connectivity index (χ4v) is 1.69. The van der Waals surface area contributed by atoms with Gasteiger partial charge >= 0.3 is 6.18 Å². The van der Waals surface area contributed by atoms with E-state index in [-0.39, 0.29) is 13.1 Å². The molecule has 0 unspecified atom stereocenters. The van der Waals surface area contributed by atoms with E-state index in [1.54, 1.807) is 13.8 Å². The summed E-state index contributed by atoms with van der Waals surface area (Å²) in [5.41, 5.74) is 0. The van der Waals surface area contributed by atoms with E-state index in [0.717, 1.165) is 4.90 Å². The topological polar surface area (TPSA) is 32.3 Å². The van der Waals surface area contributed by atoms with E-state index in [1.165, 1.54) is 0 Å². The number of amides is 1. The van der Waals surface area contributed by atoms with E-state index in [9.17, 15) is 18.0 Å². The number of rotatable bonds is 7. The van der Waals surface area contributed by atoms with Crippen LogP contribution < -0.4 is 5.32 Å². The zero-order chi connectivity index (χ0) is 14.2. The van der Waals surface area contributed by atoms with Crippen LogP contribution in [-0.2, 0) is 4.79 Å². The minimum atomic E-state index is -4.38. The number of carbonyl (C=O) groups is 1. The summed E-state index contributed by atoms with van der Waals surface area (Å²) in [7, 11) is 0. The lowest BCUT2D eigenvalue weighted by molar-refractivity contribution is -0.165. The van der Waals surface area contributed by atoms with Crippen molar-refractivity contribution in [3.8, 4) is 12.3 Å². The quantitative estimate of drug-likeness (QED) is 0.561. The fraction of sp³-hybridized carbons (Fsp3) is 0.750. The molecule has 0 aliphatic heterocycles. The van der Waals surface area contributed by atoms with Crippen molar-refractivity contribution in [3.05, 3.63) is 0 Å². The molecule has 3 nitrogen and oxygen atoms in total. The van der Waals surface area contributed by atoms with Gasteiger partial charge in [0.05, 0.1) is 13.1 Å². The molecule has 0 heterocycles. The van der Waals surface area contributed by atoms with Gasteiger partial charge in [0.15, 0.2) is 0 Å². The Kier molecular flexibility index (Phi) is 7.44. The van der Waals surface area contributed by atoms with E-state index in [4.69, 9.17) is 6.42 Å². The average Bonchev–Trinajstić information content (AvgIpc) is 2.28. The molecule has 0 aromatic rings. The molecule has 104 valence electrons. The first-order valence-electron chi connectivity index (χ1n) is 5.86. The predicted octanol–water partition coefficient (Wildman–Crippen LogP) is 1.79. The van der Waals surface area contributed by atoms with Crippen LogP contribution in [0.3, 0.4) is 0 Å². The second-order valence-corrected chi connectivity index (χ2v) is 3.91. The molecule has 1 amide bonds. The second-order valence-electron chi connectivity index (χ2n) is 3.91. The van der Waals surface area contributed by atoms with Crippen LogP contribution in [0.15, 0.2) is 0 Å². The molecule has 18 heavy (non-hydrogen) atoms. The van der Waals surface area contributed by atoms with Gasteiger partial charge in [-0.3, -0.25) is 10.1 Å². The minimum absolute atomic E-state index is 0.161. The van der Waals surface area contributed by atoms with Crippen LogP contribution >= 0.6 is 0 Å². The van der Waals surface area contributed by atoms with E-state index in [0.29, 0.717) is 12.8 Å². The van der Waals surface area contributed by atoms with Crippen LogP contribution in [0.25, 0.3) is 0 Å². The fourth-order valence-electron chi connectivity index (χ4n) is 1.69. The highest BCUT2D eigenvalue weighted by molar-refractivity contribution is 5.78. The van der Waals surface area contributed by atoms with Crippen LogP contribution in [-0.4, -0.2) is 42.7 Å². The first kappa shape index (κ1) is 16.8. The highest BCUT2D eigenvalue weighted by atomic mass is 19.4. The van der Waals surface area contributed by atoms with Gasteiger partial charge in [0.25, 0.3) is 0 Å². The number of hydrogen-bond acceptors (Lipinski definition) is 2. The molecule has 0 fully saturated rings. The van der Waals surface area contributed by atoms with Gasteiger partial charge in [-0.25, -0.2) is 0 Å². The van der Waals surface area contributed by atoms with Crippen molar-refractivity contribution in [2.45, 2.75) is 38.9 Å². The number of alkyl halides is 3. The summed E-state index contributed by atoms with van der Waals surface area (Å²) in [5, 5.41) is 2.61. The zero-order valence-corrected chi connectivity index (χ0v) is 10.7. The summed E-state index contributed by atoms with van der Waals surface area (Å²) < 4.78 is 37.3. The van der Waals surface area contributed by atoms with Gasteiger partial charge in [-0.2, -0.15) is 13.2 Å². The number of nitrogens with one attached hydrogen (secondary N) is 1. The van der Waals surface area contributed by atoms with E-state index in [2.05, 4.69) is 11.2 Å². The molecule has 0 radical (unpaired) electrons. The molecule has 0 aliphatic carbocycles. The molecular weight excluding hydrogens is 245 g/mol. The number of nitrogens with zero attached hydrogens (tertiary/aromatic N) is 1. The summed E-state index contributed by atoms with van der Waals surface area (Å²) in [5.74, 6) is 1.69. The van der Waals surface area contributed by atoms with Crippen molar-refractivity contribution in [2.24, 2.45) is 0 Å². The number of halogens is 3. The molecule has 0 aromatic carbocycles. The minimum Gasteiger partial charge on any atom is -0.330 e. The predicted molar refractivity (Wildman–Crippen MR) is 63.8 cm³/mol. The molecule has 0 aliphatic rings. The molecule has 0 bridgehead atoms. The molecule has 0 spiro atoms. The van der Waals surface area contributed by atoms with Crippen molar-refractivity contribution in [3.63, 3.8) is 0 Å². The Morgan fingerprint density at radius 2 is 1.94 bits per heavy atom. The van der Waals surface area contributed by atoms with Gasteiger partial charge in [-0.15, -0.1) is 6.42 Å². The van der Waals surface area contributed by atoms with Crippen LogP contribution in [0.4, 0.5) is 13.2 Å². The molecule has 0 saturated heterocycles. The molecule has 0 aromatic heterocycles. The van der Waals surface area contributed by atoms with E-state index >= 15 is 0 Å². The number of hydrogen-bond donors (Lipinski definition) is 1. The molecule has 0 saturated carbocycles. The van der Waals surface area contributed by atoms with Crippen LogP contribution in [0, 0.1) is 12.3 Å². The third-order valence-electron chi connectivity index (χ3n) is 2.56. The van der Waals surface area contributed by atoms with Gasteiger partial charge in [0.2, 0.25) is 5.91 Å². The highest BCUT2D eigenvalue weighted by Crippen LogP contribution is 2.20. The van der Waals surface area contributed by atoms with Gasteiger partial charge in [-0.05, 0) is 12.8 Å². The lowest BCUT2D eigenvalue weighted by Gasteiger charge is -2.31. The Labute approximate surface area is 106 Å². The van der Waals surface area contributed by atoms with Gasteiger partial charge in [0, 0.05) is 6.04 Å². The monoisotopic (exact) mass is 264 g/mol. The third kappa shape index (κ3) is 6.50. The van der Waals surface area contributed by atoms with Gasteiger partial charge < -0.3 is 4.90 Å². The van der Waals surface area contributed by atoms with Crippen molar-refractivity contribution in [1.29, 1.82) is 0 Å². The molecular formula is C12H19F3N2O. The smallest absolute Gasteiger partial charge is 0.330 e. The molecule has 1 N–H and O–H groups in total. The highest BCUT2D eigenvalue weighted by Gasteiger charge is 2.35. The molecule has 0 atom stereocenters. The van der Waals surface area contributed by atoms with Crippen molar-refractivity contribution >= 4 is 5.91 Å². The lowest BCUT2D eigenvalue weighted by atomic mass is 10.1. The SMILES string of the molecule is C#CCNCC(=O)N(CC(F)(F)F)C(CC)CC.